The van der Waals surface area contributed by atoms with E-state index in [1.807, 2.05) is 6.92 Å². The number of carbonyl (C=O) groups excluding carboxylic acids is 1. The average Bonchev–Trinajstić information content (AvgIpc) is 2.69. The SMILES string of the molecule is CCCNC(=O)Nc1cccnc1.c1ccc(C2CCCCC2)cc1. The molecule has 1 aromatic carbocycles. The first-order valence-electron chi connectivity index (χ1n) is 9.29. The van der Waals surface area contributed by atoms with Crippen molar-refractivity contribution in [2.45, 2.75) is 51.4 Å². The molecule has 2 amide bonds. The van der Waals surface area contributed by atoms with E-state index < -0.39 is 0 Å². The van der Waals surface area contributed by atoms with E-state index >= 15 is 0 Å². The van der Waals surface area contributed by atoms with Crippen LogP contribution in [0.1, 0.15) is 56.9 Å². The van der Waals surface area contributed by atoms with Crippen molar-refractivity contribution in [1.29, 1.82) is 0 Å². The summed E-state index contributed by atoms with van der Waals surface area (Å²) in [4.78, 5) is 15.0. The lowest BCUT2D eigenvalue weighted by Crippen LogP contribution is -2.29. The molecule has 1 aliphatic rings. The third-order valence-electron chi connectivity index (χ3n) is 4.33. The molecule has 134 valence electrons. The van der Waals surface area contributed by atoms with Crippen molar-refractivity contribution in [3.63, 3.8) is 0 Å². The Kier molecular flexibility index (Phi) is 8.53. The Bertz CT molecular complexity index is 595. The van der Waals surface area contributed by atoms with Gasteiger partial charge in [-0.25, -0.2) is 4.79 Å². The smallest absolute Gasteiger partial charge is 0.319 e. The van der Waals surface area contributed by atoms with Gasteiger partial charge in [-0.1, -0.05) is 56.5 Å². The van der Waals surface area contributed by atoms with Crippen molar-refractivity contribution in [2.75, 3.05) is 11.9 Å². The van der Waals surface area contributed by atoms with Gasteiger partial charge in [0.15, 0.2) is 0 Å². The van der Waals surface area contributed by atoms with Crippen LogP contribution >= 0.6 is 0 Å². The van der Waals surface area contributed by atoms with Gasteiger partial charge in [0.1, 0.15) is 0 Å². The maximum absolute atomic E-state index is 11.1. The number of hydrogen-bond acceptors (Lipinski definition) is 2. The zero-order valence-corrected chi connectivity index (χ0v) is 15.1. The lowest BCUT2D eigenvalue weighted by Gasteiger charge is -2.21. The second-order valence-corrected chi connectivity index (χ2v) is 6.37. The van der Waals surface area contributed by atoms with E-state index in [0.717, 1.165) is 12.3 Å². The average molecular weight is 339 g/mol. The van der Waals surface area contributed by atoms with Crippen LogP contribution in [0.25, 0.3) is 0 Å². The maximum Gasteiger partial charge on any atom is 0.319 e. The molecule has 1 aromatic heterocycles. The molecule has 1 aliphatic carbocycles. The van der Waals surface area contributed by atoms with Gasteiger partial charge in [-0.2, -0.15) is 0 Å². The molecule has 1 saturated carbocycles. The Balaban J connectivity index is 0.000000181. The molecule has 0 atom stereocenters. The summed E-state index contributed by atoms with van der Waals surface area (Å²) in [7, 11) is 0. The largest absolute Gasteiger partial charge is 0.338 e. The molecular weight excluding hydrogens is 310 g/mol. The number of rotatable bonds is 4. The predicted molar refractivity (Wildman–Crippen MR) is 104 cm³/mol. The second kappa shape index (κ2) is 11.2. The van der Waals surface area contributed by atoms with E-state index in [4.69, 9.17) is 0 Å². The topological polar surface area (TPSA) is 54.0 Å². The van der Waals surface area contributed by atoms with Crippen LogP contribution in [-0.4, -0.2) is 17.6 Å². The summed E-state index contributed by atoms with van der Waals surface area (Å²) in [5.41, 5.74) is 2.26. The highest BCUT2D eigenvalue weighted by Crippen LogP contribution is 2.32. The first-order valence-corrected chi connectivity index (χ1v) is 9.29. The zero-order valence-electron chi connectivity index (χ0n) is 15.1. The van der Waals surface area contributed by atoms with Crippen LogP contribution in [0.15, 0.2) is 54.9 Å². The Hall–Kier alpha value is -2.36. The van der Waals surface area contributed by atoms with Crippen molar-refractivity contribution in [3.05, 3.63) is 60.4 Å². The van der Waals surface area contributed by atoms with Crippen LogP contribution in [0.3, 0.4) is 0 Å². The van der Waals surface area contributed by atoms with Gasteiger partial charge >= 0.3 is 6.03 Å². The van der Waals surface area contributed by atoms with Crippen molar-refractivity contribution in [3.8, 4) is 0 Å². The molecule has 0 saturated heterocycles. The minimum Gasteiger partial charge on any atom is -0.338 e. The van der Waals surface area contributed by atoms with E-state index in [1.54, 1.807) is 30.1 Å². The highest BCUT2D eigenvalue weighted by molar-refractivity contribution is 5.88. The normalized spacial score (nSPS) is 14.1. The molecule has 0 bridgehead atoms. The van der Waals surface area contributed by atoms with E-state index in [-0.39, 0.29) is 6.03 Å². The van der Waals surface area contributed by atoms with E-state index in [2.05, 4.69) is 45.9 Å². The molecule has 3 rings (SSSR count). The highest BCUT2D eigenvalue weighted by atomic mass is 16.2. The van der Waals surface area contributed by atoms with Crippen LogP contribution in [0.5, 0.6) is 0 Å². The quantitative estimate of drug-likeness (QED) is 0.789. The highest BCUT2D eigenvalue weighted by Gasteiger charge is 2.14. The minimum atomic E-state index is -0.185. The number of pyridine rings is 1. The molecular formula is C21H29N3O. The fourth-order valence-electron chi connectivity index (χ4n) is 3.01. The van der Waals surface area contributed by atoms with Gasteiger partial charge in [-0.05, 0) is 42.9 Å². The van der Waals surface area contributed by atoms with Crippen LogP contribution in [0.4, 0.5) is 10.5 Å². The van der Waals surface area contributed by atoms with Crippen molar-refractivity contribution in [1.82, 2.24) is 10.3 Å². The number of carbonyl (C=O) groups is 1. The summed E-state index contributed by atoms with van der Waals surface area (Å²) < 4.78 is 0. The molecule has 0 radical (unpaired) electrons. The number of hydrogen-bond donors (Lipinski definition) is 2. The summed E-state index contributed by atoms with van der Waals surface area (Å²) in [6, 6.07) is 14.3. The van der Waals surface area contributed by atoms with Crippen molar-refractivity contribution < 1.29 is 4.79 Å². The number of benzene rings is 1. The van der Waals surface area contributed by atoms with E-state index in [0.29, 0.717) is 12.2 Å². The summed E-state index contributed by atoms with van der Waals surface area (Å²) in [5, 5.41) is 5.37. The molecule has 0 unspecified atom stereocenters. The number of amides is 2. The van der Waals surface area contributed by atoms with Gasteiger partial charge in [0, 0.05) is 12.7 Å². The third kappa shape index (κ3) is 7.38. The molecule has 0 aliphatic heterocycles. The fraction of sp³-hybridized carbons (Fsp3) is 0.429. The van der Waals surface area contributed by atoms with Crippen LogP contribution in [0, 0.1) is 0 Å². The predicted octanol–water partition coefficient (Wildman–Crippen LogP) is 5.35. The van der Waals surface area contributed by atoms with Gasteiger partial charge < -0.3 is 10.6 Å². The Labute approximate surface area is 151 Å². The molecule has 1 heterocycles. The van der Waals surface area contributed by atoms with Gasteiger partial charge in [-0.3, -0.25) is 4.98 Å². The third-order valence-corrected chi connectivity index (χ3v) is 4.33. The zero-order chi connectivity index (χ0) is 17.7. The van der Waals surface area contributed by atoms with Crippen LogP contribution < -0.4 is 10.6 Å². The second-order valence-electron chi connectivity index (χ2n) is 6.37. The van der Waals surface area contributed by atoms with Gasteiger partial charge in [-0.15, -0.1) is 0 Å². The number of nitrogens with one attached hydrogen (secondary N) is 2. The monoisotopic (exact) mass is 339 g/mol. The van der Waals surface area contributed by atoms with E-state index in [1.165, 1.54) is 32.1 Å². The summed E-state index contributed by atoms with van der Waals surface area (Å²) in [6.45, 7) is 2.69. The lowest BCUT2D eigenvalue weighted by molar-refractivity contribution is 0.252. The first kappa shape index (κ1) is 19.0. The first-order chi connectivity index (χ1) is 12.3. The number of anilines is 1. The van der Waals surface area contributed by atoms with Gasteiger partial charge in [0.05, 0.1) is 11.9 Å². The standard InChI is InChI=1S/C12H16.C9H13N3O/c1-3-7-11(8-4-1)12-9-5-2-6-10-12;1-2-5-11-9(13)12-8-4-3-6-10-7-8/h1,3-4,7-8,12H,2,5-6,9-10H2;3-4,6-7H,2,5H2,1H3,(H2,11,12,13). The number of aromatic nitrogens is 1. The minimum absolute atomic E-state index is 0.185. The Morgan fingerprint density at radius 3 is 2.48 bits per heavy atom. The molecule has 4 nitrogen and oxygen atoms in total. The molecule has 1 fully saturated rings. The Morgan fingerprint density at radius 2 is 1.84 bits per heavy atom. The van der Waals surface area contributed by atoms with Gasteiger partial charge in [0.2, 0.25) is 0 Å². The van der Waals surface area contributed by atoms with Crippen molar-refractivity contribution in [2.24, 2.45) is 0 Å². The van der Waals surface area contributed by atoms with Crippen LogP contribution in [-0.2, 0) is 0 Å². The summed E-state index contributed by atoms with van der Waals surface area (Å²) >= 11 is 0. The Morgan fingerprint density at radius 1 is 1.08 bits per heavy atom. The summed E-state index contributed by atoms with van der Waals surface area (Å²) in [6.07, 6.45) is 11.3. The number of nitrogens with zero attached hydrogens (tertiary/aromatic N) is 1. The van der Waals surface area contributed by atoms with Gasteiger partial charge in [0.25, 0.3) is 0 Å². The summed E-state index contributed by atoms with van der Waals surface area (Å²) in [5.74, 6) is 0.861. The fourth-order valence-corrected chi connectivity index (χ4v) is 3.01. The molecule has 2 N–H and O–H groups in total. The number of urea groups is 1. The molecule has 0 spiro atoms. The van der Waals surface area contributed by atoms with Crippen molar-refractivity contribution >= 4 is 11.7 Å². The van der Waals surface area contributed by atoms with E-state index in [9.17, 15) is 4.79 Å². The lowest BCUT2D eigenvalue weighted by atomic mass is 9.84. The molecule has 2 aromatic rings. The van der Waals surface area contributed by atoms with Crippen LogP contribution in [0.2, 0.25) is 0 Å². The molecule has 25 heavy (non-hydrogen) atoms. The molecule has 4 heteroatoms. The maximum atomic E-state index is 11.1.